The van der Waals surface area contributed by atoms with Gasteiger partial charge >= 0.3 is 0 Å². The molecule has 4 fully saturated rings. The molecule has 4 heteroatoms. The number of likely N-dealkylation sites (tertiary alicyclic amines) is 1. The van der Waals surface area contributed by atoms with Crippen LogP contribution < -0.4 is 0 Å². The fraction of sp³-hybridized carbons (Fsp3) is 0.917. The summed E-state index contributed by atoms with van der Waals surface area (Å²) in [6.07, 6.45) is 1.41. The monoisotopic (exact) mass is 223 g/mol. The quantitative estimate of drug-likeness (QED) is 0.691. The highest BCUT2D eigenvalue weighted by molar-refractivity contribution is 5.84. The smallest absolute Gasteiger partial charge is 0.228 e. The van der Waals surface area contributed by atoms with Crippen LogP contribution in [0, 0.1) is 23.7 Å². The molecule has 88 valence electrons. The van der Waals surface area contributed by atoms with Crippen molar-refractivity contribution in [3.63, 3.8) is 0 Å². The van der Waals surface area contributed by atoms with Crippen LogP contribution in [-0.2, 0) is 9.53 Å². The molecule has 2 aliphatic heterocycles. The highest BCUT2D eigenvalue weighted by Crippen LogP contribution is 2.67. The third-order valence-corrected chi connectivity index (χ3v) is 5.60. The van der Waals surface area contributed by atoms with Crippen molar-refractivity contribution in [2.45, 2.75) is 37.7 Å². The summed E-state index contributed by atoms with van der Waals surface area (Å²) in [5.41, 5.74) is -0.399. The van der Waals surface area contributed by atoms with Gasteiger partial charge in [-0.3, -0.25) is 4.79 Å². The van der Waals surface area contributed by atoms with Gasteiger partial charge in [-0.2, -0.15) is 0 Å². The first-order chi connectivity index (χ1) is 7.62. The Morgan fingerprint density at radius 1 is 1.56 bits per heavy atom. The molecule has 0 aromatic heterocycles. The number of aliphatic hydroxyl groups is 1. The molecule has 0 aromatic carbocycles. The van der Waals surface area contributed by atoms with Crippen molar-refractivity contribution >= 4 is 5.91 Å². The molecule has 2 heterocycles. The lowest BCUT2D eigenvalue weighted by atomic mass is 9.76. The minimum atomic E-state index is -0.405. The minimum absolute atomic E-state index is 0.0123. The van der Waals surface area contributed by atoms with Crippen molar-refractivity contribution in [3.8, 4) is 0 Å². The first-order valence-electron chi connectivity index (χ1n) is 6.25. The van der Waals surface area contributed by atoms with Gasteiger partial charge in [0.1, 0.15) is 5.72 Å². The largest absolute Gasteiger partial charge is 0.390 e. The van der Waals surface area contributed by atoms with E-state index in [1.807, 2.05) is 11.9 Å². The predicted molar refractivity (Wildman–Crippen MR) is 55.2 cm³/mol. The lowest BCUT2D eigenvalue weighted by Crippen LogP contribution is -2.48. The Balaban J connectivity index is 1.90. The van der Waals surface area contributed by atoms with Crippen LogP contribution in [0.1, 0.15) is 19.8 Å². The van der Waals surface area contributed by atoms with Gasteiger partial charge in [-0.1, -0.05) is 6.92 Å². The Labute approximate surface area is 94.6 Å². The van der Waals surface area contributed by atoms with Crippen LogP contribution >= 0.6 is 0 Å². The average molecular weight is 223 g/mol. The molecule has 0 radical (unpaired) electrons. The van der Waals surface area contributed by atoms with Gasteiger partial charge in [0.15, 0.2) is 0 Å². The standard InChI is InChI=1S/C12H17NO3/c1-3-12-8-6-4-5(9(14)10(6)16-12)7(8)11(15)13(12)2/h5-10,14H,3-4H2,1-2H3/t5-,6-,7+,8-,9+,10-,12-/m0/s1. The van der Waals surface area contributed by atoms with Crippen LogP contribution in [0.15, 0.2) is 0 Å². The van der Waals surface area contributed by atoms with Crippen LogP contribution in [0.3, 0.4) is 0 Å². The maximum atomic E-state index is 12.3. The summed E-state index contributed by atoms with van der Waals surface area (Å²) in [6.45, 7) is 2.08. The number of hydrogen-bond donors (Lipinski definition) is 1. The van der Waals surface area contributed by atoms with Gasteiger partial charge in [-0.15, -0.1) is 0 Å². The van der Waals surface area contributed by atoms with Crippen molar-refractivity contribution in [1.82, 2.24) is 4.90 Å². The van der Waals surface area contributed by atoms with Crippen molar-refractivity contribution in [2.75, 3.05) is 7.05 Å². The van der Waals surface area contributed by atoms with Crippen molar-refractivity contribution in [3.05, 3.63) is 0 Å². The van der Waals surface area contributed by atoms with Gasteiger partial charge in [-0.25, -0.2) is 0 Å². The summed E-state index contributed by atoms with van der Waals surface area (Å²) < 4.78 is 6.12. The zero-order valence-electron chi connectivity index (χ0n) is 9.59. The highest BCUT2D eigenvalue weighted by Gasteiger charge is 2.77. The van der Waals surface area contributed by atoms with E-state index in [1.54, 1.807) is 0 Å². The van der Waals surface area contributed by atoms with E-state index in [4.69, 9.17) is 4.74 Å². The second-order valence-corrected chi connectivity index (χ2v) is 5.78. The molecule has 2 aliphatic carbocycles. The van der Waals surface area contributed by atoms with Crippen LogP contribution in [-0.4, -0.2) is 40.9 Å². The maximum absolute atomic E-state index is 12.3. The van der Waals surface area contributed by atoms with E-state index in [-0.39, 0.29) is 23.8 Å². The third kappa shape index (κ3) is 0.670. The lowest BCUT2D eigenvalue weighted by Gasteiger charge is -2.35. The molecule has 2 saturated carbocycles. The van der Waals surface area contributed by atoms with Crippen LogP contribution in [0.25, 0.3) is 0 Å². The van der Waals surface area contributed by atoms with Crippen molar-refractivity contribution in [1.29, 1.82) is 0 Å². The van der Waals surface area contributed by atoms with Gasteiger partial charge in [0.2, 0.25) is 5.91 Å². The minimum Gasteiger partial charge on any atom is -0.390 e. The number of rotatable bonds is 1. The molecule has 16 heavy (non-hydrogen) atoms. The number of hydrogen-bond acceptors (Lipinski definition) is 3. The normalized spacial score (nSPS) is 61.4. The SMILES string of the molecule is CC[C@]12O[C@@H]3[C@H](O)[C@H]4C[C@H]3[C@H]1[C@@H]4C(=O)N2C. The number of aliphatic hydroxyl groups excluding tert-OH is 1. The van der Waals surface area contributed by atoms with Gasteiger partial charge < -0.3 is 14.7 Å². The number of carbonyl (C=O) groups excluding carboxylic acids is 1. The molecule has 1 N–H and O–H groups in total. The Kier molecular flexibility index (Phi) is 1.45. The van der Waals surface area contributed by atoms with E-state index in [2.05, 4.69) is 6.92 Å². The van der Waals surface area contributed by atoms with Crippen LogP contribution in [0.5, 0.6) is 0 Å². The summed E-state index contributed by atoms with van der Waals surface area (Å²) >= 11 is 0. The van der Waals surface area contributed by atoms with Gasteiger partial charge in [-0.05, 0) is 24.7 Å². The fourth-order valence-electron chi connectivity index (χ4n) is 5.02. The molecule has 4 rings (SSSR count). The molecule has 4 nitrogen and oxygen atoms in total. The van der Waals surface area contributed by atoms with Crippen molar-refractivity contribution in [2.24, 2.45) is 23.7 Å². The van der Waals surface area contributed by atoms with Gasteiger partial charge in [0, 0.05) is 13.0 Å². The second-order valence-electron chi connectivity index (χ2n) is 5.78. The topological polar surface area (TPSA) is 49.8 Å². The summed E-state index contributed by atoms with van der Waals surface area (Å²) in [4.78, 5) is 14.1. The van der Waals surface area contributed by atoms with E-state index in [0.29, 0.717) is 11.8 Å². The molecular weight excluding hydrogens is 206 g/mol. The number of fused-ring (bicyclic) bond motifs is 2. The van der Waals surface area contributed by atoms with Crippen LogP contribution in [0.4, 0.5) is 0 Å². The number of nitrogens with zero attached hydrogens (tertiary/aromatic N) is 1. The number of amides is 1. The first-order valence-corrected chi connectivity index (χ1v) is 6.25. The molecule has 0 unspecified atom stereocenters. The van der Waals surface area contributed by atoms with E-state index < -0.39 is 11.8 Å². The lowest BCUT2D eigenvalue weighted by molar-refractivity contribution is -0.173. The molecule has 0 spiro atoms. The highest BCUT2D eigenvalue weighted by atomic mass is 16.6. The fourth-order valence-corrected chi connectivity index (χ4v) is 5.02. The molecule has 0 aromatic rings. The first kappa shape index (κ1) is 9.42. The Bertz CT molecular complexity index is 384. The number of carbonyl (C=O) groups is 1. The molecule has 1 amide bonds. The summed E-state index contributed by atoms with van der Waals surface area (Å²) in [5, 5.41) is 10.1. The second kappa shape index (κ2) is 2.46. The van der Waals surface area contributed by atoms with Gasteiger partial charge in [0.05, 0.1) is 18.1 Å². The van der Waals surface area contributed by atoms with E-state index in [9.17, 15) is 9.90 Å². The summed E-state index contributed by atoms with van der Waals surface area (Å²) in [6, 6.07) is 0. The Hall–Kier alpha value is -0.610. The predicted octanol–water partition coefficient (Wildman–Crippen LogP) is 0.206. The van der Waals surface area contributed by atoms with Gasteiger partial charge in [0.25, 0.3) is 0 Å². The summed E-state index contributed by atoms with van der Waals surface area (Å²) in [7, 11) is 1.86. The van der Waals surface area contributed by atoms with Crippen molar-refractivity contribution < 1.29 is 14.6 Å². The van der Waals surface area contributed by atoms with Crippen LogP contribution in [0.2, 0.25) is 0 Å². The maximum Gasteiger partial charge on any atom is 0.228 e. The Morgan fingerprint density at radius 3 is 3.00 bits per heavy atom. The number of ether oxygens (including phenoxy) is 1. The zero-order chi connectivity index (χ0) is 11.2. The summed E-state index contributed by atoms with van der Waals surface area (Å²) in [5.74, 6) is 1.14. The van der Waals surface area contributed by atoms with E-state index in [0.717, 1.165) is 12.8 Å². The molecular formula is C12H17NO3. The molecule has 2 saturated heterocycles. The van der Waals surface area contributed by atoms with E-state index in [1.165, 1.54) is 0 Å². The molecule has 4 aliphatic rings. The van der Waals surface area contributed by atoms with E-state index >= 15 is 0 Å². The molecule has 7 atom stereocenters. The third-order valence-electron chi connectivity index (χ3n) is 5.60. The zero-order valence-corrected chi connectivity index (χ0v) is 9.59. The molecule has 2 bridgehead atoms. The average Bonchev–Trinajstić information content (AvgIpc) is 2.91. The Morgan fingerprint density at radius 2 is 2.31 bits per heavy atom.